The Morgan fingerprint density at radius 2 is 1.81 bits per heavy atom. The summed E-state index contributed by atoms with van der Waals surface area (Å²) in [4.78, 5) is 37.9. The molecule has 27 heavy (non-hydrogen) atoms. The number of alkyl halides is 4. The molecule has 0 radical (unpaired) electrons. The predicted octanol–water partition coefficient (Wildman–Crippen LogP) is 1.55. The van der Waals surface area contributed by atoms with Gasteiger partial charge in [0.1, 0.15) is 5.69 Å². The Morgan fingerprint density at radius 3 is 2.33 bits per heavy atom. The Morgan fingerprint density at radius 1 is 1.15 bits per heavy atom. The van der Waals surface area contributed by atoms with E-state index < -0.39 is 29.9 Å². The van der Waals surface area contributed by atoms with Crippen LogP contribution >= 0.6 is 0 Å². The fraction of sp³-hybridized carbons (Fsp3) is 0.438. The third-order valence-corrected chi connectivity index (χ3v) is 4.22. The highest BCUT2D eigenvalue weighted by atomic mass is 19.4. The Kier molecular flexibility index (Phi) is 4.94. The van der Waals surface area contributed by atoms with Gasteiger partial charge in [0.2, 0.25) is 12.1 Å². The summed E-state index contributed by atoms with van der Waals surface area (Å²) in [5.41, 5.74) is -0.988. The van der Waals surface area contributed by atoms with Crippen LogP contribution in [0, 0.1) is 0 Å². The number of aliphatic imine (C=N–C) groups is 2. The first-order chi connectivity index (χ1) is 12.7. The lowest BCUT2D eigenvalue weighted by molar-refractivity contribution is -0.141. The normalized spacial score (nSPS) is 21.1. The van der Waals surface area contributed by atoms with Crippen LogP contribution in [0.5, 0.6) is 0 Å². The van der Waals surface area contributed by atoms with Crippen molar-refractivity contribution < 1.29 is 27.2 Å². The summed E-state index contributed by atoms with van der Waals surface area (Å²) in [5.74, 6) is -1.25. The molecule has 2 aliphatic rings. The molecular weight excluding hydrogens is 370 g/mol. The highest BCUT2D eigenvalue weighted by molar-refractivity contribution is 6.16. The molecule has 144 valence electrons. The van der Waals surface area contributed by atoms with Crippen molar-refractivity contribution >= 4 is 23.5 Å². The quantitative estimate of drug-likeness (QED) is 0.688. The average molecular weight is 385 g/mol. The fourth-order valence-electron chi connectivity index (χ4n) is 2.69. The SMILES string of the molecule is CC1=NC(N2CCN(C(=O)c3ccc(C(F)(F)F)nc3)CC2)=NC(=O)C1F. The number of carbonyl (C=O) groups is 2. The highest BCUT2D eigenvalue weighted by Crippen LogP contribution is 2.27. The van der Waals surface area contributed by atoms with Gasteiger partial charge in [0, 0.05) is 32.4 Å². The zero-order valence-corrected chi connectivity index (χ0v) is 14.2. The molecule has 3 heterocycles. The molecule has 1 aromatic rings. The lowest BCUT2D eigenvalue weighted by Gasteiger charge is -2.35. The predicted molar refractivity (Wildman–Crippen MR) is 87.2 cm³/mol. The fourth-order valence-corrected chi connectivity index (χ4v) is 2.69. The van der Waals surface area contributed by atoms with Crippen LogP contribution in [0.2, 0.25) is 0 Å². The van der Waals surface area contributed by atoms with Crippen molar-refractivity contribution in [2.45, 2.75) is 19.3 Å². The number of rotatable bonds is 1. The number of aromatic nitrogens is 1. The van der Waals surface area contributed by atoms with E-state index in [1.54, 1.807) is 4.90 Å². The molecule has 7 nitrogen and oxygen atoms in total. The van der Waals surface area contributed by atoms with Gasteiger partial charge >= 0.3 is 6.18 Å². The van der Waals surface area contributed by atoms with E-state index in [4.69, 9.17) is 0 Å². The summed E-state index contributed by atoms with van der Waals surface area (Å²) in [7, 11) is 0. The molecule has 0 spiro atoms. The largest absolute Gasteiger partial charge is 0.433 e. The number of halogens is 4. The van der Waals surface area contributed by atoms with Crippen molar-refractivity contribution in [2.24, 2.45) is 9.98 Å². The number of hydrogen-bond acceptors (Lipinski definition) is 5. The summed E-state index contributed by atoms with van der Waals surface area (Å²) < 4.78 is 51.1. The number of nitrogens with zero attached hydrogens (tertiary/aromatic N) is 5. The van der Waals surface area contributed by atoms with E-state index in [1.165, 1.54) is 11.8 Å². The first-order valence-electron chi connectivity index (χ1n) is 8.06. The Bertz CT molecular complexity index is 811. The van der Waals surface area contributed by atoms with E-state index in [1.807, 2.05) is 0 Å². The average Bonchev–Trinajstić information content (AvgIpc) is 2.64. The lowest BCUT2D eigenvalue weighted by atomic mass is 10.2. The van der Waals surface area contributed by atoms with E-state index in [9.17, 15) is 27.2 Å². The van der Waals surface area contributed by atoms with Crippen LogP contribution < -0.4 is 0 Å². The molecule has 0 aromatic carbocycles. The summed E-state index contributed by atoms with van der Waals surface area (Å²) in [6.45, 7) is 2.51. The van der Waals surface area contributed by atoms with E-state index in [0.717, 1.165) is 18.3 Å². The number of piperazine rings is 1. The van der Waals surface area contributed by atoms with E-state index in [-0.39, 0.29) is 30.3 Å². The van der Waals surface area contributed by atoms with Crippen LogP contribution in [0.25, 0.3) is 0 Å². The van der Waals surface area contributed by atoms with E-state index >= 15 is 0 Å². The Balaban J connectivity index is 1.63. The van der Waals surface area contributed by atoms with Crippen molar-refractivity contribution in [3.8, 4) is 0 Å². The van der Waals surface area contributed by atoms with Crippen molar-refractivity contribution in [1.82, 2.24) is 14.8 Å². The summed E-state index contributed by atoms with van der Waals surface area (Å²) in [6.07, 6.45) is -5.50. The van der Waals surface area contributed by atoms with Crippen LogP contribution in [0.3, 0.4) is 0 Å². The van der Waals surface area contributed by atoms with Gasteiger partial charge in [-0.3, -0.25) is 14.6 Å². The van der Waals surface area contributed by atoms with Crippen molar-refractivity contribution in [1.29, 1.82) is 0 Å². The molecule has 1 aromatic heterocycles. The van der Waals surface area contributed by atoms with E-state index in [2.05, 4.69) is 15.0 Å². The molecule has 2 amide bonds. The Labute approximate surface area is 151 Å². The van der Waals surface area contributed by atoms with Gasteiger partial charge in [-0.15, -0.1) is 0 Å². The number of amides is 2. The Hall–Kier alpha value is -2.85. The minimum absolute atomic E-state index is 0.0272. The number of carbonyl (C=O) groups excluding carboxylic acids is 2. The van der Waals surface area contributed by atoms with Gasteiger partial charge in [-0.05, 0) is 19.1 Å². The maximum absolute atomic E-state index is 13.4. The molecule has 0 N–H and O–H groups in total. The monoisotopic (exact) mass is 385 g/mol. The van der Waals surface area contributed by atoms with Crippen molar-refractivity contribution in [3.05, 3.63) is 29.6 Å². The first-order valence-corrected chi connectivity index (χ1v) is 8.06. The molecular formula is C16H15F4N5O2. The second-order valence-corrected chi connectivity index (χ2v) is 6.07. The highest BCUT2D eigenvalue weighted by Gasteiger charge is 2.33. The van der Waals surface area contributed by atoms with Gasteiger partial charge in [-0.1, -0.05) is 0 Å². The molecule has 1 atom stereocenters. The number of guanidine groups is 1. The maximum atomic E-state index is 13.4. The zero-order chi connectivity index (χ0) is 19.8. The van der Waals surface area contributed by atoms with Crippen LogP contribution in [0.15, 0.2) is 28.3 Å². The minimum Gasteiger partial charge on any atom is -0.337 e. The zero-order valence-electron chi connectivity index (χ0n) is 14.2. The van der Waals surface area contributed by atoms with Crippen LogP contribution in [-0.4, -0.2) is 70.6 Å². The van der Waals surface area contributed by atoms with E-state index in [0.29, 0.717) is 13.1 Å². The van der Waals surface area contributed by atoms with Crippen LogP contribution in [0.1, 0.15) is 23.0 Å². The van der Waals surface area contributed by atoms with Crippen LogP contribution in [0.4, 0.5) is 17.6 Å². The van der Waals surface area contributed by atoms with Gasteiger partial charge < -0.3 is 9.80 Å². The molecule has 3 rings (SSSR count). The number of pyridine rings is 1. The maximum Gasteiger partial charge on any atom is 0.433 e. The molecule has 2 aliphatic heterocycles. The summed E-state index contributed by atoms with van der Waals surface area (Å²) >= 11 is 0. The second kappa shape index (κ2) is 7.05. The first kappa shape index (κ1) is 18.9. The molecule has 1 saturated heterocycles. The number of hydrogen-bond donors (Lipinski definition) is 0. The molecule has 0 bridgehead atoms. The van der Waals surface area contributed by atoms with Gasteiger partial charge in [0.05, 0.1) is 11.3 Å². The van der Waals surface area contributed by atoms with Crippen molar-refractivity contribution in [2.75, 3.05) is 26.2 Å². The van der Waals surface area contributed by atoms with Crippen molar-refractivity contribution in [3.63, 3.8) is 0 Å². The topological polar surface area (TPSA) is 78.2 Å². The standard InChI is InChI=1S/C16H15F4N5O2/c1-9-12(17)13(26)23-15(22-9)25-6-4-24(5-7-25)14(27)10-2-3-11(21-8-10)16(18,19)20/h2-3,8,12H,4-7H2,1H3. The summed E-state index contributed by atoms with van der Waals surface area (Å²) in [5, 5.41) is 0. The molecule has 1 unspecified atom stereocenters. The molecule has 0 saturated carbocycles. The lowest BCUT2D eigenvalue weighted by Crippen LogP contribution is -2.51. The third kappa shape index (κ3) is 3.96. The van der Waals surface area contributed by atoms with Gasteiger partial charge in [-0.25, -0.2) is 9.38 Å². The molecule has 11 heteroatoms. The second-order valence-electron chi connectivity index (χ2n) is 6.07. The van der Waals surface area contributed by atoms with Gasteiger partial charge in [-0.2, -0.15) is 18.2 Å². The van der Waals surface area contributed by atoms with Gasteiger partial charge in [0.15, 0.2) is 0 Å². The van der Waals surface area contributed by atoms with Gasteiger partial charge in [0.25, 0.3) is 11.8 Å². The summed E-state index contributed by atoms with van der Waals surface area (Å²) in [6, 6.07) is 1.85. The molecule has 1 fully saturated rings. The minimum atomic E-state index is -4.57. The molecule has 0 aliphatic carbocycles. The third-order valence-electron chi connectivity index (χ3n) is 4.22. The smallest absolute Gasteiger partial charge is 0.337 e. The van der Waals surface area contributed by atoms with Crippen LogP contribution in [-0.2, 0) is 11.0 Å².